The molecule has 0 spiro atoms. The smallest absolute Gasteiger partial charge is 0.324 e. The van der Waals surface area contributed by atoms with E-state index >= 15 is 0 Å². The second kappa shape index (κ2) is 11.7. The first kappa shape index (κ1) is 28.1. The molecule has 0 aliphatic carbocycles. The predicted octanol–water partition coefficient (Wildman–Crippen LogP) is 4.66. The summed E-state index contributed by atoms with van der Waals surface area (Å²) in [4.78, 5) is 23.4. The van der Waals surface area contributed by atoms with Gasteiger partial charge in [-0.15, -0.1) is 0 Å². The topological polar surface area (TPSA) is 158 Å². The molecule has 1 aliphatic rings. The number of amides is 2. The van der Waals surface area contributed by atoms with Crippen molar-refractivity contribution in [2.45, 2.75) is 26.2 Å². The third kappa shape index (κ3) is 6.27. The molecule has 0 atom stereocenters. The van der Waals surface area contributed by atoms with Gasteiger partial charge in [0.15, 0.2) is 11.5 Å². The second-order valence-electron chi connectivity index (χ2n) is 11.2. The Kier molecular flexibility index (Phi) is 7.65. The molecule has 2 amide bonds. The Morgan fingerprint density at radius 2 is 1.77 bits per heavy atom. The van der Waals surface area contributed by atoms with Crippen LogP contribution in [-0.4, -0.2) is 68.9 Å². The molecule has 2 aromatic carbocycles. The van der Waals surface area contributed by atoms with E-state index in [0.717, 1.165) is 43.3 Å². The number of nitrogen functional groups attached to an aromatic ring is 1. The number of ether oxygens (including phenoxy) is 2. The Bertz CT molecular complexity index is 1720. The lowest BCUT2D eigenvalue weighted by Gasteiger charge is -2.26. The molecule has 1 saturated heterocycles. The fourth-order valence-corrected chi connectivity index (χ4v) is 4.61. The molecule has 0 radical (unpaired) electrons. The molecule has 4 heterocycles. The standard InChI is InChI=1S/C30H33N9O4/c1-30(2,3)23-16-24(37-43-23)35-29(40)34-20-6-8-21(9-7-20)39-28-25(27(31)32-17-33-28)26(36-39)19-4-10-22(11-5-19)42-18-38-12-14-41-15-13-38/h4-11,16-17H,12-15,18H2,1-3H3,(H2,31,32,33)(H2,34,35,37,40). The number of urea groups is 1. The number of aromatic nitrogens is 5. The van der Waals surface area contributed by atoms with Crippen molar-refractivity contribution in [2.75, 3.05) is 49.4 Å². The Morgan fingerprint density at radius 1 is 1.02 bits per heavy atom. The number of carbonyl (C=O) groups is 1. The average Bonchev–Trinajstić information content (AvgIpc) is 3.64. The van der Waals surface area contributed by atoms with E-state index in [-0.39, 0.29) is 5.41 Å². The van der Waals surface area contributed by atoms with Gasteiger partial charge in [0.05, 0.1) is 24.3 Å². The van der Waals surface area contributed by atoms with Crippen LogP contribution in [0.2, 0.25) is 0 Å². The van der Waals surface area contributed by atoms with E-state index < -0.39 is 6.03 Å². The Balaban J connectivity index is 1.18. The van der Waals surface area contributed by atoms with Crippen molar-refractivity contribution in [3.05, 3.63) is 66.7 Å². The molecule has 6 rings (SSSR count). The first-order valence-corrected chi connectivity index (χ1v) is 13.9. The number of benzene rings is 2. The zero-order valence-corrected chi connectivity index (χ0v) is 24.2. The number of carbonyl (C=O) groups excluding carboxylic acids is 1. The van der Waals surface area contributed by atoms with Gasteiger partial charge in [-0.1, -0.05) is 25.9 Å². The average molecular weight is 584 g/mol. The number of nitrogens with zero attached hydrogens (tertiary/aromatic N) is 6. The Labute approximate surface area is 248 Å². The lowest BCUT2D eigenvalue weighted by molar-refractivity contribution is 0.00408. The van der Waals surface area contributed by atoms with E-state index in [1.54, 1.807) is 22.9 Å². The fraction of sp³-hybridized carbons (Fsp3) is 0.300. The summed E-state index contributed by atoms with van der Waals surface area (Å²) in [5.74, 6) is 2.10. The number of anilines is 3. The summed E-state index contributed by atoms with van der Waals surface area (Å²) < 4.78 is 18.4. The molecule has 1 fully saturated rings. The summed E-state index contributed by atoms with van der Waals surface area (Å²) in [5.41, 5.74) is 9.46. The predicted molar refractivity (Wildman–Crippen MR) is 162 cm³/mol. The molecule has 5 aromatic rings. The van der Waals surface area contributed by atoms with Crippen molar-refractivity contribution in [1.82, 2.24) is 29.8 Å². The Morgan fingerprint density at radius 3 is 2.47 bits per heavy atom. The molecule has 13 heteroatoms. The summed E-state index contributed by atoms with van der Waals surface area (Å²) in [6.45, 7) is 9.67. The molecular formula is C30H33N9O4. The lowest BCUT2D eigenvalue weighted by atomic mass is 9.93. The first-order valence-electron chi connectivity index (χ1n) is 13.9. The summed E-state index contributed by atoms with van der Waals surface area (Å²) in [7, 11) is 0. The summed E-state index contributed by atoms with van der Waals surface area (Å²) >= 11 is 0. The highest BCUT2D eigenvalue weighted by molar-refractivity contribution is 6.00. The summed E-state index contributed by atoms with van der Waals surface area (Å²) in [6.07, 6.45) is 1.41. The van der Waals surface area contributed by atoms with E-state index in [4.69, 9.17) is 24.8 Å². The van der Waals surface area contributed by atoms with Crippen LogP contribution in [0.1, 0.15) is 26.5 Å². The molecule has 1 aliphatic heterocycles. The van der Waals surface area contributed by atoms with Crippen molar-refractivity contribution in [2.24, 2.45) is 0 Å². The third-order valence-electron chi connectivity index (χ3n) is 7.00. The van der Waals surface area contributed by atoms with Gasteiger partial charge in [-0.2, -0.15) is 5.10 Å². The van der Waals surface area contributed by atoms with Gasteiger partial charge in [0, 0.05) is 35.8 Å². The molecule has 222 valence electrons. The maximum atomic E-state index is 12.5. The maximum absolute atomic E-state index is 12.5. The maximum Gasteiger partial charge on any atom is 0.324 e. The minimum atomic E-state index is -0.439. The van der Waals surface area contributed by atoms with E-state index in [2.05, 4.69) is 30.7 Å². The minimum absolute atomic E-state index is 0.216. The molecule has 3 aromatic heterocycles. The largest absolute Gasteiger partial charge is 0.478 e. The van der Waals surface area contributed by atoms with Crippen LogP contribution < -0.4 is 21.1 Å². The van der Waals surface area contributed by atoms with Gasteiger partial charge < -0.3 is 25.0 Å². The van der Waals surface area contributed by atoms with Gasteiger partial charge in [0.2, 0.25) is 0 Å². The lowest BCUT2D eigenvalue weighted by Crippen LogP contribution is -2.38. The van der Waals surface area contributed by atoms with Crippen LogP contribution >= 0.6 is 0 Å². The number of nitrogens with two attached hydrogens (primary N) is 1. The van der Waals surface area contributed by atoms with Gasteiger partial charge in [0.25, 0.3) is 0 Å². The monoisotopic (exact) mass is 583 g/mol. The third-order valence-corrected chi connectivity index (χ3v) is 7.00. The van der Waals surface area contributed by atoms with Gasteiger partial charge >= 0.3 is 6.03 Å². The molecule has 43 heavy (non-hydrogen) atoms. The molecular weight excluding hydrogens is 550 g/mol. The van der Waals surface area contributed by atoms with Gasteiger partial charge in [0.1, 0.15) is 36.1 Å². The normalized spacial score (nSPS) is 14.1. The number of hydrogen-bond donors (Lipinski definition) is 3. The molecule has 4 N–H and O–H groups in total. The minimum Gasteiger partial charge on any atom is -0.478 e. The second-order valence-corrected chi connectivity index (χ2v) is 11.2. The van der Waals surface area contributed by atoms with Crippen molar-refractivity contribution >= 4 is 34.4 Å². The van der Waals surface area contributed by atoms with Crippen molar-refractivity contribution in [1.29, 1.82) is 0 Å². The molecule has 0 saturated carbocycles. The van der Waals surface area contributed by atoms with Crippen LogP contribution in [-0.2, 0) is 10.2 Å². The summed E-state index contributed by atoms with van der Waals surface area (Å²) in [5, 5.41) is 14.9. The first-order chi connectivity index (χ1) is 20.7. The van der Waals surface area contributed by atoms with Crippen LogP contribution in [0.4, 0.5) is 22.1 Å². The van der Waals surface area contributed by atoms with E-state index in [1.165, 1.54) is 6.33 Å². The molecule has 0 bridgehead atoms. The van der Waals surface area contributed by atoms with Crippen LogP contribution in [0.3, 0.4) is 0 Å². The van der Waals surface area contributed by atoms with Crippen molar-refractivity contribution in [3.8, 4) is 22.7 Å². The van der Waals surface area contributed by atoms with Crippen molar-refractivity contribution < 1.29 is 18.8 Å². The Hall–Kier alpha value is -5.01. The number of fused-ring (bicyclic) bond motifs is 1. The number of nitrogens with one attached hydrogen (secondary N) is 2. The van der Waals surface area contributed by atoms with Crippen molar-refractivity contribution in [3.63, 3.8) is 0 Å². The SMILES string of the molecule is CC(C)(C)c1cc(NC(=O)Nc2ccc(-n3nc(-c4ccc(OCN5CCOCC5)cc4)c4c(N)ncnc43)cc2)no1. The van der Waals surface area contributed by atoms with E-state index in [9.17, 15) is 4.79 Å². The van der Waals surface area contributed by atoms with Gasteiger partial charge in [-0.25, -0.2) is 19.4 Å². The van der Waals surface area contributed by atoms with Crippen LogP contribution in [0, 0.1) is 0 Å². The highest BCUT2D eigenvalue weighted by Crippen LogP contribution is 2.33. The van der Waals surface area contributed by atoms with Crippen LogP contribution in [0.25, 0.3) is 28.0 Å². The van der Waals surface area contributed by atoms with Crippen LogP contribution in [0.15, 0.2) is 65.4 Å². The highest BCUT2D eigenvalue weighted by atomic mass is 16.5. The number of rotatable bonds is 7. The van der Waals surface area contributed by atoms with Crippen LogP contribution in [0.5, 0.6) is 5.75 Å². The zero-order chi connectivity index (χ0) is 30.0. The molecule has 0 unspecified atom stereocenters. The summed E-state index contributed by atoms with van der Waals surface area (Å²) in [6, 6.07) is 16.2. The molecule has 13 nitrogen and oxygen atoms in total. The zero-order valence-electron chi connectivity index (χ0n) is 24.2. The highest BCUT2D eigenvalue weighted by Gasteiger charge is 2.21. The van der Waals surface area contributed by atoms with Gasteiger partial charge in [-0.05, 0) is 48.5 Å². The quantitative estimate of drug-likeness (QED) is 0.246. The number of hydrogen-bond acceptors (Lipinski definition) is 10. The fourth-order valence-electron chi connectivity index (χ4n) is 4.61. The van der Waals surface area contributed by atoms with Gasteiger partial charge in [-0.3, -0.25) is 10.2 Å². The van der Waals surface area contributed by atoms with E-state index in [1.807, 2.05) is 57.2 Å². The van der Waals surface area contributed by atoms with E-state index in [0.29, 0.717) is 46.5 Å². The number of morpholine rings is 1.